The Morgan fingerprint density at radius 1 is 0.973 bits per heavy atom. The summed E-state index contributed by atoms with van der Waals surface area (Å²) in [6.45, 7) is 2.54. The number of benzene rings is 3. The summed E-state index contributed by atoms with van der Waals surface area (Å²) in [6.07, 6.45) is 1.42. The molecule has 0 aliphatic carbocycles. The number of sulfonamides is 1. The zero-order chi connectivity index (χ0) is 26.4. The molecule has 0 saturated carbocycles. The number of methoxy groups -OCH3 is 1. The predicted octanol–water partition coefficient (Wildman–Crippen LogP) is 3.60. The van der Waals surface area contributed by atoms with Gasteiger partial charge in [0.1, 0.15) is 11.5 Å². The molecule has 3 aromatic carbocycles. The van der Waals surface area contributed by atoms with E-state index in [1.165, 1.54) is 24.3 Å². The van der Waals surface area contributed by atoms with Gasteiger partial charge in [0.05, 0.1) is 12.0 Å². The van der Waals surface area contributed by atoms with E-state index in [1.54, 1.807) is 48.4 Å². The molecule has 1 aliphatic rings. The summed E-state index contributed by atoms with van der Waals surface area (Å²) in [5.41, 5.74) is 2.88. The van der Waals surface area contributed by atoms with Gasteiger partial charge in [0.2, 0.25) is 10.0 Å². The second-order valence-corrected chi connectivity index (χ2v) is 10.3. The zero-order valence-electron chi connectivity index (χ0n) is 20.7. The van der Waals surface area contributed by atoms with E-state index in [1.807, 2.05) is 13.0 Å². The van der Waals surface area contributed by atoms with Crippen molar-refractivity contribution >= 4 is 33.2 Å². The molecule has 2 N–H and O–H groups in total. The van der Waals surface area contributed by atoms with Crippen molar-refractivity contribution in [1.82, 2.24) is 4.72 Å². The van der Waals surface area contributed by atoms with E-state index in [-0.39, 0.29) is 23.3 Å². The summed E-state index contributed by atoms with van der Waals surface area (Å²) < 4.78 is 37.5. The van der Waals surface area contributed by atoms with Crippen molar-refractivity contribution in [2.75, 3.05) is 37.0 Å². The van der Waals surface area contributed by atoms with Crippen molar-refractivity contribution in [2.24, 2.45) is 0 Å². The first-order valence-corrected chi connectivity index (χ1v) is 13.4. The largest absolute Gasteiger partial charge is 0.497 e. The van der Waals surface area contributed by atoms with Crippen LogP contribution in [0.15, 0.2) is 71.6 Å². The predicted molar refractivity (Wildman–Crippen MR) is 141 cm³/mol. The molecule has 0 saturated heterocycles. The molecule has 0 unspecified atom stereocenters. The van der Waals surface area contributed by atoms with Crippen LogP contribution in [0.5, 0.6) is 11.5 Å². The van der Waals surface area contributed by atoms with Crippen molar-refractivity contribution in [3.63, 3.8) is 0 Å². The number of amides is 2. The fraction of sp³-hybridized carbons (Fsp3) is 0.259. The van der Waals surface area contributed by atoms with Crippen molar-refractivity contribution in [3.8, 4) is 11.5 Å². The molecule has 10 heteroatoms. The van der Waals surface area contributed by atoms with E-state index in [9.17, 15) is 18.0 Å². The first-order valence-electron chi connectivity index (χ1n) is 11.9. The van der Waals surface area contributed by atoms with Crippen LogP contribution >= 0.6 is 0 Å². The smallest absolute Gasteiger partial charge is 0.262 e. The molecular weight excluding hydrogens is 494 g/mol. The van der Waals surface area contributed by atoms with Crippen LogP contribution in [0.4, 0.5) is 11.4 Å². The molecule has 1 heterocycles. The normalized spacial score (nSPS) is 12.6. The minimum Gasteiger partial charge on any atom is -0.497 e. The van der Waals surface area contributed by atoms with Crippen LogP contribution in [-0.4, -0.2) is 47.0 Å². The molecular formula is C27H29N3O6S. The van der Waals surface area contributed by atoms with Crippen LogP contribution in [0.25, 0.3) is 0 Å². The monoisotopic (exact) mass is 523 g/mol. The molecule has 0 aromatic heterocycles. The summed E-state index contributed by atoms with van der Waals surface area (Å²) in [4.78, 5) is 27.4. The summed E-state index contributed by atoms with van der Waals surface area (Å²) in [7, 11) is -1.99. The SMILES string of the molecule is CCCNS(=O)(=O)c1ccc(OCC(=O)Nc2ccc3c(c2)N(C(=O)c2ccc(OC)cc2)CC3)cc1. The molecule has 9 nitrogen and oxygen atoms in total. The van der Waals surface area contributed by atoms with Crippen LogP contribution in [0, 0.1) is 0 Å². The topological polar surface area (TPSA) is 114 Å². The molecule has 4 rings (SSSR count). The van der Waals surface area contributed by atoms with E-state index in [0.29, 0.717) is 42.3 Å². The van der Waals surface area contributed by atoms with Gasteiger partial charge in [-0.1, -0.05) is 13.0 Å². The van der Waals surface area contributed by atoms with Gasteiger partial charge in [-0.3, -0.25) is 9.59 Å². The molecule has 0 spiro atoms. The Morgan fingerprint density at radius 2 is 1.68 bits per heavy atom. The van der Waals surface area contributed by atoms with Crippen LogP contribution in [0.1, 0.15) is 29.3 Å². The molecule has 0 bridgehead atoms. The zero-order valence-corrected chi connectivity index (χ0v) is 21.5. The number of hydrogen-bond acceptors (Lipinski definition) is 6. The number of rotatable bonds is 10. The third-order valence-electron chi connectivity index (χ3n) is 5.89. The Balaban J connectivity index is 1.36. The highest BCUT2D eigenvalue weighted by molar-refractivity contribution is 7.89. The quantitative estimate of drug-likeness (QED) is 0.420. The van der Waals surface area contributed by atoms with Crippen LogP contribution in [0.3, 0.4) is 0 Å². The highest BCUT2D eigenvalue weighted by atomic mass is 32.2. The Hall–Kier alpha value is -3.89. The van der Waals surface area contributed by atoms with E-state index >= 15 is 0 Å². The number of carbonyl (C=O) groups excluding carboxylic acids is 2. The third kappa shape index (κ3) is 6.28. The van der Waals surface area contributed by atoms with Gasteiger partial charge in [-0.15, -0.1) is 0 Å². The van der Waals surface area contributed by atoms with Crippen molar-refractivity contribution in [2.45, 2.75) is 24.7 Å². The summed E-state index contributed by atoms with van der Waals surface area (Å²) in [5.74, 6) is 0.543. The van der Waals surface area contributed by atoms with E-state index in [2.05, 4.69) is 10.0 Å². The molecule has 3 aromatic rings. The Bertz CT molecular complexity index is 1370. The second kappa shape index (κ2) is 11.4. The fourth-order valence-corrected chi connectivity index (χ4v) is 5.07. The average Bonchev–Trinajstić information content (AvgIpc) is 3.34. The molecule has 0 radical (unpaired) electrons. The number of nitrogens with one attached hydrogen (secondary N) is 2. The van der Waals surface area contributed by atoms with Gasteiger partial charge in [-0.05, 0) is 79.1 Å². The number of carbonyl (C=O) groups is 2. The maximum Gasteiger partial charge on any atom is 0.262 e. The average molecular weight is 524 g/mol. The highest BCUT2D eigenvalue weighted by Crippen LogP contribution is 2.32. The fourth-order valence-electron chi connectivity index (χ4n) is 3.94. The van der Waals surface area contributed by atoms with E-state index < -0.39 is 10.0 Å². The number of hydrogen-bond donors (Lipinski definition) is 2. The standard InChI is InChI=1S/C27H29N3O6S/c1-3-15-28-37(33,34)24-12-10-23(11-13-24)36-18-26(31)29-21-7-4-19-14-16-30(25(19)17-21)27(32)20-5-8-22(35-2)9-6-20/h4-13,17,28H,3,14-16,18H2,1-2H3,(H,29,31). The van der Waals surface area contributed by atoms with Crippen molar-refractivity contribution in [3.05, 3.63) is 77.9 Å². The van der Waals surface area contributed by atoms with Gasteiger partial charge < -0.3 is 19.7 Å². The Morgan fingerprint density at radius 3 is 2.35 bits per heavy atom. The van der Waals surface area contributed by atoms with Crippen LogP contribution in [0.2, 0.25) is 0 Å². The van der Waals surface area contributed by atoms with Gasteiger partial charge in [0, 0.05) is 30.0 Å². The molecule has 0 atom stereocenters. The molecule has 1 aliphatic heterocycles. The lowest BCUT2D eigenvalue weighted by molar-refractivity contribution is -0.118. The number of fused-ring (bicyclic) bond motifs is 1. The lowest BCUT2D eigenvalue weighted by Gasteiger charge is -2.18. The Labute approximate surface area is 216 Å². The number of anilines is 2. The lowest BCUT2D eigenvalue weighted by atomic mass is 10.1. The molecule has 0 fully saturated rings. The number of ether oxygens (including phenoxy) is 2. The van der Waals surface area contributed by atoms with E-state index in [4.69, 9.17) is 9.47 Å². The molecule has 194 valence electrons. The van der Waals surface area contributed by atoms with Crippen LogP contribution < -0.4 is 24.4 Å². The molecule has 2 amide bonds. The number of nitrogens with zero attached hydrogens (tertiary/aromatic N) is 1. The minimum absolute atomic E-state index is 0.122. The molecule has 37 heavy (non-hydrogen) atoms. The first-order chi connectivity index (χ1) is 17.8. The second-order valence-electron chi connectivity index (χ2n) is 8.48. The Kier molecular flexibility index (Phi) is 8.10. The highest BCUT2D eigenvalue weighted by Gasteiger charge is 2.26. The van der Waals surface area contributed by atoms with Gasteiger partial charge >= 0.3 is 0 Å². The van der Waals surface area contributed by atoms with Crippen LogP contribution in [-0.2, 0) is 21.2 Å². The van der Waals surface area contributed by atoms with E-state index in [0.717, 1.165) is 17.7 Å². The maximum atomic E-state index is 13.1. The summed E-state index contributed by atoms with van der Waals surface area (Å²) in [6, 6.07) is 18.3. The van der Waals surface area contributed by atoms with Gasteiger partial charge in [0.15, 0.2) is 6.61 Å². The van der Waals surface area contributed by atoms with Gasteiger partial charge in [-0.2, -0.15) is 0 Å². The minimum atomic E-state index is -3.57. The summed E-state index contributed by atoms with van der Waals surface area (Å²) >= 11 is 0. The van der Waals surface area contributed by atoms with Gasteiger partial charge in [-0.25, -0.2) is 13.1 Å². The lowest BCUT2D eigenvalue weighted by Crippen LogP contribution is -2.29. The summed E-state index contributed by atoms with van der Waals surface area (Å²) in [5, 5.41) is 2.79. The van der Waals surface area contributed by atoms with Crippen molar-refractivity contribution < 1.29 is 27.5 Å². The first kappa shape index (κ1) is 26.2. The maximum absolute atomic E-state index is 13.1. The third-order valence-corrected chi connectivity index (χ3v) is 7.37. The van der Waals surface area contributed by atoms with Crippen molar-refractivity contribution in [1.29, 1.82) is 0 Å². The van der Waals surface area contributed by atoms with Gasteiger partial charge in [0.25, 0.3) is 11.8 Å².